The number of nitrogens with zero attached hydrogens (tertiary/aromatic N) is 2. The van der Waals surface area contributed by atoms with E-state index in [0.29, 0.717) is 0 Å². The molecule has 1 unspecified atom stereocenters. The third kappa shape index (κ3) is 4.36. The van der Waals surface area contributed by atoms with Crippen LogP contribution in [0.2, 0.25) is 0 Å². The van der Waals surface area contributed by atoms with Gasteiger partial charge in [-0.2, -0.15) is 0 Å². The summed E-state index contributed by atoms with van der Waals surface area (Å²) < 4.78 is 0. The standard InChI is InChI=1S/C18H25N3/c1-5-9-20-18(17-8-10-19-15(4)21-17)12-16-11-13(2)6-7-14(16)3/h6-8,10-11,18,20H,5,9,12H2,1-4H3. The van der Waals surface area contributed by atoms with Crippen molar-refractivity contribution in [2.45, 2.75) is 46.6 Å². The molecule has 0 saturated carbocycles. The van der Waals surface area contributed by atoms with E-state index in [0.717, 1.165) is 30.9 Å². The number of aryl methyl sites for hydroxylation is 3. The second-order valence-electron chi connectivity index (χ2n) is 5.67. The van der Waals surface area contributed by atoms with Crippen LogP contribution in [0.4, 0.5) is 0 Å². The molecule has 0 bridgehead atoms. The van der Waals surface area contributed by atoms with Crippen LogP contribution >= 0.6 is 0 Å². The zero-order valence-corrected chi connectivity index (χ0v) is 13.5. The molecule has 1 heterocycles. The molecule has 1 aromatic carbocycles. The van der Waals surface area contributed by atoms with Gasteiger partial charge in [0.2, 0.25) is 0 Å². The average molecular weight is 283 g/mol. The Labute approximate surface area is 127 Å². The molecule has 3 heteroatoms. The smallest absolute Gasteiger partial charge is 0.125 e. The lowest BCUT2D eigenvalue weighted by Gasteiger charge is -2.20. The van der Waals surface area contributed by atoms with Crippen LogP contribution in [0.25, 0.3) is 0 Å². The van der Waals surface area contributed by atoms with Gasteiger partial charge in [-0.25, -0.2) is 9.97 Å². The molecule has 0 aliphatic rings. The maximum absolute atomic E-state index is 4.60. The topological polar surface area (TPSA) is 37.8 Å². The number of hydrogen-bond donors (Lipinski definition) is 1. The van der Waals surface area contributed by atoms with Crippen LogP contribution in [0.3, 0.4) is 0 Å². The lowest BCUT2D eigenvalue weighted by molar-refractivity contribution is 0.514. The first-order valence-electron chi connectivity index (χ1n) is 7.69. The number of aromatic nitrogens is 2. The molecule has 0 spiro atoms. The third-order valence-electron chi connectivity index (χ3n) is 3.72. The minimum absolute atomic E-state index is 0.243. The highest BCUT2D eigenvalue weighted by Gasteiger charge is 2.14. The van der Waals surface area contributed by atoms with E-state index in [1.807, 2.05) is 19.2 Å². The van der Waals surface area contributed by atoms with Gasteiger partial charge >= 0.3 is 0 Å². The SMILES string of the molecule is CCCNC(Cc1cc(C)ccc1C)c1ccnc(C)n1. The van der Waals surface area contributed by atoms with Crippen molar-refractivity contribution in [1.82, 2.24) is 15.3 Å². The van der Waals surface area contributed by atoms with E-state index in [2.05, 4.69) is 54.3 Å². The quantitative estimate of drug-likeness (QED) is 0.878. The van der Waals surface area contributed by atoms with Crippen molar-refractivity contribution in [3.63, 3.8) is 0 Å². The van der Waals surface area contributed by atoms with E-state index >= 15 is 0 Å². The highest BCUT2D eigenvalue weighted by Crippen LogP contribution is 2.20. The van der Waals surface area contributed by atoms with Gasteiger partial charge in [0.1, 0.15) is 5.82 Å². The fraction of sp³-hybridized carbons (Fsp3) is 0.444. The molecule has 2 aromatic rings. The van der Waals surface area contributed by atoms with Crippen LogP contribution in [0.1, 0.15) is 47.6 Å². The Morgan fingerprint density at radius 1 is 1.14 bits per heavy atom. The van der Waals surface area contributed by atoms with Gasteiger partial charge in [-0.3, -0.25) is 0 Å². The lowest BCUT2D eigenvalue weighted by atomic mass is 9.97. The molecule has 0 amide bonds. The predicted molar refractivity (Wildman–Crippen MR) is 87.4 cm³/mol. The number of benzene rings is 1. The first kappa shape index (κ1) is 15.6. The zero-order chi connectivity index (χ0) is 15.2. The second-order valence-corrected chi connectivity index (χ2v) is 5.67. The van der Waals surface area contributed by atoms with E-state index < -0.39 is 0 Å². The van der Waals surface area contributed by atoms with Crippen molar-refractivity contribution in [2.24, 2.45) is 0 Å². The van der Waals surface area contributed by atoms with Gasteiger partial charge in [0.15, 0.2) is 0 Å². The third-order valence-corrected chi connectivity index (χ3v) is 3.72. The molecule has 0 aliphatic carbocycles. The van der Waals surface area contributed by atoms with E-state index in [4.69, 9.17) is 0 Å². The summed E-state index contributed by atoms with van der Waals surface area (Å²) in [4.78, 5) is 8.80. The Morgan fingerprint density at radius 3 is 2.67 bits per heavy atom. The van der Waals surface area contributed by atoms with Crippen LogP contribution in [0, 0.1) is 20.8 Å². The van der Waals surface area contributed by atoms with Gasteiger partial charge in [-0.05, 0) is 57.4 Å². The molecule has 3 nitrogen and oxygen atoms in total. The zero-order valence-electron chi connectivity index (χ0n) is 13.5. The summed E-state index contributed by atoms with van der Waals surface area (Å²) in [5.41, 5.74) is 5.12. The Balaban J connectivity index is 2.25. The fourth-order valence-corrected chi connectivity index (χ4v) is 2.51. The molecule has 0 radical (unpaired) electrons. The van der Waals surface area contributed by atoms with Crippen molar-refractivity contribution < 1.29 is 0 Å². The summed E-state index contributed by atoms with van der Waals surface area (Å²) in [6.45, 7) is 9.45. The molecule has 0 saturated heterocycles. The van der Waals surface area contributed by atoms with E-state index in [9.17, 15) is 0 Å². The average Bonchev–Trinajstić information content (AvgIpc) is 2.47. The van der Waals surface area contributed by atoms with Gasteiger partial charge < -0.3 is 5.32 Å². The summed E-state index contributed by atoms with van der Waals surface area (Å²) in [5.74, 6) is 0.830. The lowest BCUT2D eigenvalue weighted by Crippen LogP contribution is -2.25. The molecule has 1 aromatic heterocycles. The van der Waals surface area contributed by atoms with Crippen LogP contribution in [-0.4, -0.2) is 16.5 Å². The summed E-state index contributed by atoms with van der Waals surface area (Å²) in [5, 5.41) is 3.62. The van der Waals surface area contributed by atoms with Gasteiger partial charge in [0.05, 0.1) is 11.7 Å². The summed E-state index contributed by atoms with van der Waals surface area (Å²) >= 11 is 0. The molecule has 0 aliphatic heterocycles. The van der Waals surface area contributed by atoms with Crippen molar-refractivity contribution in [2.75, 3.05) is 6.54 Å². The van der Waals surface area contributed by atoms with Crippen LogP contribution < -0.4 is 5.32 Å². The van der Waals surface area contributed by atoms with Crippen molar-refractivity contribution >= 4 is 0 Å². The maximum Gasteiger partial charge on any atom is 0.125 e. The highest BCUT2D eigenvalue weighted by molar-refractivity contribution is 5.32. The minimum atomic E-state index is 0.243. The summed E-state index contributed by atoms with van der Waals surface area (Å²) in [6, 6.07) is 8.91. The summed E-state index contributed by atoms with van der Waals surface area (Å²) in [7, 11) is 0. The molecule has 0 fully saturated rings. The molecule has 1 N–H and O–H groups in total. The largest absolute Gasteiger partial charge is 0.308 e. The number of nitrogens with one attached hydrogen (secondary N) is 1. The normalized spacial score (nSPS) is 12.4. The fourth-order valence-electron chi connectivity index (χ4n) is 2.51. The first-order chi connectivity index (χ1) is 10.1. The van der Waals surface area contributed by atoms with Gasteiger partial charge in [-0.15, -0.1) is 0 Å². The first-order valence-corrected chi connectivity index (χ1v) is 7.69. The van der Waals surface area contributed by atoms with Crippen molar-refractivity contribution in [3.05, 3.63) is 58.7 Å². The van der Waals surface area contributed by atoms with Gasteiger partial charge in [0.25, 0.3) is 0 Å². The summed E-state index contributed by atoms with van der Waals surface area (Å²) in [6.07, 6.45) is 3.93. The van der Waals surface area contributed by atoms with Crippen LogP contribution in [0.15, 0.2) is 30.5 Å². The van der Waals surface area contributed by atoms with Crippen molar-refractivity contribution in [3.8, 4) is 0 Å². The Hall–Kier alpha value is -1.74. The van der Waals surface area contributed by atoms with Gasteiger partial charge in [-0.1, -0.05) is 30.7 Å². The van der Waals surface area contributed by atoms with E-state index in [1.54, 1.807) is 0 Å². The predicted octanol–water partition coefficient (Wildman–Crippen LogP) is 3.69. The monoisotopic (exact) mass is 283 g/mol. The second kappa shape index (κ2) is 7.32. The minimum Gasteiger partial charge on any atom is -0.308 e. The Morgan fingerprint density at radius 2 is 1.95 bits per heavy atom. The molecular formula is C18H25N3. The van der Waals surface area contributed by atoms with Crippen LogP contribution in [0.5, 0.6) is 0 Å². The van der Waals surface area contributed by atoms with E-state index in [1.165, 1.54) is 16.7 Å². The highest BCUT2D eigenvalue weighted by atomic mass is 15.0. The maximum atomic E-state index is 4.60. The Bertz CT molecular complexity index is 593. The van der Waals surface area contributed by atoms with Crippen LogP contribution in [-0.2, 0) is 6.42 Å². The Kier molecular flexibility index (Phi) is 5.45. The molecule has 21 heavy (non-hydrogen) atoms. The molecule has 112 valence electrons. The molecule has 2 rings (SSSR count). The number of hydrogen-bond acceptors (Lipinski definition) is 3. The van der Waals surface area contributed by atoms with Gasteiger partial charge in [0, 0.05) is 6.20 Å². The van der Waals surface area contributed by atoms with E-state index in [-0.39, 0.29) is 6.04 Å². The molecule has 1 atom stereocenters. The van der Waals surface area contributed by atoms with Crippen molar-refractivity contribution in [1.29, 1.82) is 0 Å². The molecular weight excluding hydrogens is 258 g/mol. The number of rotatable bonds is 6.